The van der Waals surface area contributed by atoms with E-state index in [0.29, 0.717) is 17.8 Å². The molecule has 1 aromatic heterocycles. The summed E-state index contributed by atoms with van der Waals surface area (Å²) < 4.78 is 0. The zero-order valence-corrected chi connectivity index (χ0v) is 16.7. The Hall–Kier alpha value is -3.61. The first-order chi connectivity index (χ1) is 14.5. The molecule has 0 radical (unpaired) electrons. The Labute approximate surface area is 174 Å². The summed E-state index contributed by atoms with van der Waals surface area (Å²) >= 11 is 0. The van der Waals surface area contributed by atoms with Crippen molar-refractivity contribution in [3.8, 4) is 0 Å². The molecule has 154 valence electrons. The van der Waals surface area contributed by atoms with Crippen LogP contribution in [0.15, 0.2) is 54.7 Å². The van der Waals surface area contributed by atoms with Crippen LogP contribution in [0.25, 0.3) is 10.9 Å². The van der Waals surface area contributed by atoms with Gasteiger partial charge in [-0.1, -0.05) is 24.3 Å². The van der Waals surface area contributed by atoms with Crippen LogP contribution in [0.4, 0.5) is 11.4 Å². The van der Waals surface area contributed by atoms with Crippen LogP contribution in [0.1, 0.15) is 25.3 Å². The Bertz CT molecular complexity index is 1100. The molecular formula is C23H24N4O3. The number of benzene rings is 2. The number of aromatic nitrogens is 1. The van der Waals surface area contributed by atoms with Gasteiger partial charge in [-0.05, 0) is 42.7 Å². The number of hydrogen-bond donors (Lipinski definition) is 4. The lowest BCUT2D eigenvalue weighted by molar-refractivity contribution is -0.125. The molecule has 1 atom stereocenters. The summed E-state index contributed by atoms with van der Waals surface area (Å²) in [5.41, 5.74) is 3.12. The second kappa shape index (κ2) is 8.41. The minimum absolute atomic E-state index is 0.00827. The molecule has 1 saturated carbocycles. The molecule has 0 aliphatic heterocycles. The molecule has 3 amide bonds. The van der Waals surface area contributed by atoms with E-state index in [1.165, 1.54) is 6.92 Å². The largest absolute Gasteiger partial charge is 0.361 e. The average molecular weight is 404 g/mol. The number of carbonyl (C=O) groups is 3. The maximum Gasteiger partial charge on any atom is 0.247 e. The average Bonchev–Trinajstić information content (AvgIpc) is 3.49. The number of rotatable bonds is 7. The van der Waals surface area contributed by atoms with Crippen LogP contribution in [0.5, 0.6) is 0 Å². The van der Waals surface area contributed by atoms with Gasteiger partial charge in [0.2, 0.25) is 17.7 Å². The second-order valence-corrected chi connectivity index (χ2v) is 7.65. The third-order valence-electron chi connectivity index (χ3n) is 5.14. The van der Waals surface area contributed by atoms with Gasteiger partial charge in [0.05, 0.1) is 0 Å². The van der Waals surface area contributed by atoms with E-state index in [2.05, 4.69) is 20.9 Å². The highest BCUT2D eigenvalue weighted by Gasteiger charge is 2.29. The van der Waals surface area contributed by atoms with Crippen molar-refractivity contribution < 1.29 is 14.4 Å². The zero-order valence-electron chi connectivity index (χ0n) is 16.7. The minimum Gasteiger partial charge on any atom is -0.361 e. The Morgan fingerprint density at radius 2 is 1.77 bits per heavy atom. The minimum atomic E-state index is -0.730. The fourth-order valence-electron chi connectivity index (χ4n) is 3.47. The number of para-hydroxylation sites is 1. The van der Waals surface area contributed by atoms with Gasteiger partial charge in [0.1, 0.15) is 6.04 Å². The first-order valence-electron chi connectivity index (χ1n) is 10.0. The zero-order chi connectivity index (χ0) is 21.1. The van der Waals surface area contributed by atoms with Crippen LogP contribution >= 0.6 is 0 Å². The molecule has 2 aromatic carbocycles. The first kappa shape index (κ1) is 19.7. The summed E-state index contributed by atoms with van der Waals surface area (Å²) in [5.74, 6) is -0.487. The van der Waals surface area contributed by atoms with Gasteiger partial charge < -0.3 is 20.9 Å². The smallest absolute Gasteiger partial charge is 0.247 e. The highest BCUT2D eigenvalue weighted by atomic mass is 16.2. The molecule has 7 nitrogen and oxygen atoms in total. The lowest BCUT2D eigenvalue weighted by atomic mass is 10.0. The SMILES string of the molecule is CC(=O)N[C@H](Cc1c[nH]c2ccccc12)C(=O)Nc1cccc(NC(=O)C2CC2)c1. The van der Waals surface area contributed by atoms with Crippen molar-refractivity contribution >= 4 is 40.0 Å². The number of amides is 3. The summed E-state index contributed by atoms with van der Waals surface area (Å²) in [6.45, 7) is 1.39. The van der Waals surface area contributed by atoms with Crippen LogP contribution in [0.2, 0.25) is 0 Å². The quantitative estimate of drug-likeness (QED) is 0.486. The molecule has 1 aliphatic carbocycles. The van der Waals surface area contributed by atoms with Gasteiger partial charge in [-0.25, -0.2) is 0 Å². The standard InChI is InChI=1S/C23H24N4O3/c1-14(28)25-21(11-16-13-24-20-8-3-2-7-19(16)20)23(30)27-18-6-4-5-17(12-18)26-22(29)15-9-10-15/h2-8,12-13,15,21,24H,9-11H2,1H3,(H,25,28)(H,26,29)(H,27,30)/t21-/m1/s1. The van der Waals surface area contributed by atoms with E-state index in [-0.39, 0.29) is 23.6 Å². The van der Waals surface area contributed by atoms with Gasteiger partial charge in [-0.3, -0.25) is 14.4 Å². The van der Waals surface area contributed by atoms with Crippen LogP contribution in [-0.4, -0.2) is 28.7 Å². The van der Waals surface area contributed by atoms with E-state index in [1.54, 1.807) is 24.3 Å². The highest BCUT2D eigenvalue weighted by Crippen LogP contribution is 2.30. The fraction of sp³-hybridized carbons (Fsp3) is 0.261. The van der Waals surface area contributed by atoms with Crippen molar-refractivity contribution in [2.24, 2.45) is 5.92 Å². The van der Waals surface area contributed by atoms with E-state index in [4.69, 9.17) is 0 Å². The summed E-state index contributed by atoms with van der Waals surface area (Å²) in [6.07, 6.45) is 4.07. The van der Waals surface area contributed by atoms with Gasteiger partial charge >= 0.3 is 0 Å². The third kappa shape index (κ3) is 4.68. The number of nitrogens with one attached hydrogen (secondary N) is 4. The number of hydrogen-bond acceptors (Lipinski definition) is 3. The molecule has 30 heavy (non-hydrogen) atoms. The van der Waals surface area contributed by atoms with Crippen LogP contribution in [-0.2, 0) is 20.8 Å². The van der Waals surface area contributed by atoms with Gasteiger partial charge in [-0.15, -0.1) is 0 Å². The molecule has 0 saturated heterocycles. The molecule has 4 rings (SSSR count). The molecular weight excluding hydrogens is 380 g/mol. The summed E-state index contributed by atoms with van der Waals surface area (Å²) in [5, 5.41) is 9.48. The van der Waals surface area contributed by atoms with Crippen molar-refractivity contribution in [3.05, 3.63) is 60.3 Å². The van der Waals surface area contributed by atoms with Crippen molar-refractivity contribution in [1.29, 1.82) is 0 Å². The Kier molecular flexibility index (Phi) is 5.52. The lowest BCUT2D eigenvalue weighted by Gasteiger charge is -2.18. The Balaban J connectivity index is 1.48. The van der Waals surface area contributed by atoms with Crippen LogP contribution in [0, 0.1) is 5.92 Å². The van der Waals surface area contributed by atoms with Crippen molar-refractivity contribution in [2.45, 2.75) is 32.2 Å². The molecule has 1 fully saturated rings. The molecule has 1 aliphatic rings. The molecule has 0 unspecified atom stereocenters. The number of fused-ring (bicyclic) bond motifs is 1. The van der Waals surface area contributed by atoms with Gasteiger partial charge in [-0.2, -0.15) is 0 Å². The van der Waals surface area contributed by atoms with Crippen molar-refractivity contribution in [2.75, 3.05) is 10.6 Å². The topological polar surface area (TPSA) is 103 Å². The van der Waals surface area contributed by atoms with Crippen molar-refractivity contribution in [3.63, 3.8) is 0 Å². The molecule has 0 spiro atoms. The maximum absolute atomic E-state index is 12.9. The van der Waals surface area contributed by atoms with Gasteiger partial charge in [0, 0.05) is 47.7 Å². The van der Waals surface area contributed by atoms with E-state index in [9.17, 15) is 14.4 Å². The summed E-state index contributed by atoms with van der Waals surface area (Å²) in [4.78, 5) is 39.8. The predicted molar refractivity (Wildman–Crippen MR) is 116 cm³/mol. The number of H-pyrrole nitrogens is 1. The van der Waals surface area contributed by atoms with Gasteiger partial charge in [0.15, 0.2) is 0 Å². The number of carbonyl (C=O) groups excluding carboxylic acids is 3. The van der Waals surface area contributed by atoms with E-state index in [0.717, 1.165) is 29.3 Å². The first-order valence-corrected chi connectivity index (χ1v) is 10.0. The lowest BCUT2D eigenvalue weighted by Crippen LogP contribution is -2.44. The van der Waals surface area contributed by atoms with Crippen LogP contribution in [0.3, 0.4) is 0 Å². The number of aromatic amines is 1. The van der Waals surface area contributed by atoms with E-state index in [1.807, 2.05) is 30.5 Å². The molecule has 1 heterocycles. The predicted octanol–water partition coefficient (Wildman–Crippen LogP) is 3.20. The third-order valence-corrected chi connectivity index (χ3v) is 5.14. The Morgan fingerprint density at radius 3 is 2.50 bits per heavy atom. The number of anilines is 2. The van der Waals surface area contributed by atoms with E-state index >= 15 is 0 Å². The second-order valence-electron chi connectivity index (χ2n) is 7.65. The fourth-order valence-corrected chi connectivity index (χ4v) is 3.47. The molecule has 3 aromatic rings. The van der Waals surface area contributed by atoms with Crippen LogP contribution < -0.4 is 16.0 Å². The molecule has 7 heteroatoms. The normalized spacial score (nSPS) is 14.2. The summed E-state index contributed by atoms with van der Waals surface area (Å²) in [7, 11) is 0. The van der Waals surface area contributed by atoms with Crippen molar-refractivity contribution in [1.82, 2.24) is 10.3 Å². The molecule has 4 N–H and O–H groups in total. The van der Waals surface area contributed by atoms with Gasteiger partial charge in [0.25, 0.3) is 0 Å². The van der Waals surface area contributed by atoms with E-state index < -0.39 is 6.04 Å². The maximum atomic E-state index is 12.9. The monoisotopic (exact) mass is 404 g/mol. The Morgan fingerprint density at radius 1 is 1.03 bits per heavy atom. The molecule has 0 bridgehead atoms. The highest BCUT2D eigenvalue weighted by molar-refractivity contribution is 5.99. The summed E-state index contributed by atoms with van der Waals surface area (Å²) in [6, 6.07) is 14.1.